The predicted molar refractivity (Wildman–Crippen MR) is 106 cm³/mol. The first-order chi connectivity index (χ1) is 13.2. The van der Waals surface area contributed by atoms with Crippen LogP contribution in [-0.4, -0.2) is 32.2 Å². The van der Waals surface area contributed by atoms with Gasteiger partial charge in [0.2, 0.25) is 0 Å². The molecule has 1 aliphatic heterocycles. The highest BCUT2D eigenvalue weighted by molar-refractivity contribution is 5.83. The molecule has 0 bridgehead atoms. The van der Waals surface area contributed by atoms with Crippen LogP contribution < -0.4 is 11.0 Å². The molecule has 4 aromatic rings. The lowest BCUT2D eigenvalue weighted by Gasteiger charge is -2.22. The number of nitrogens with one attached hydrogen (secondary N) is 3. The summed E-state index contributed by atoms with van der Waals surface area (Å²) in [5, 5.41) is 15.7. The lowest BCUT2D eigenvalue weighted by Crippen LogP contribution is -2.36. The zero-order chi connectivity index (χ0) is 18.4. The molecule has 0 radical (unpaired) electrons. The van der Waals surface area contributed by atoms with Crippen LogP contribution in [0.1, 0.15) is 23.7 Å². The average molecular weight is 362 g/mol. The van der Waals surface area contributed by atoms with Crippen molar-refractivity contribution in [3.8, 4) is 0 Å². The Labute approximate surface area is 155 Å². The van der Waals surface area contributed by atoms with E-state index >= 15 is 0 Å². The molecule has 138 valence electrons. The molecule has 0 saturated carbocycles. The Hall–Kier alpha value is -2.83. The number of imidazole rings is 1. The summed E-state index contributed by atoms with van der Waals surface area (Å²) in [7, 11) is 0. The maximum Gasteiger partial charge on any atom is 0.326 e. The van der Waals surface area contributed by atoms with Crippen LogP contribution in [0.2, 0.25) is 0 Å². The molecule has 0 saturated heterocycles. The smallest absolute Gasteiger partial charge is 0.326 e. The molecule has 0 aliphatic carbocycles. The van der Waals surface area contributed by atoms with Crippen molar-refractivity contribution < 1.29 is 5.11 Å². The Morgan fingerprint density at radius 3 is 2.93 bits per heavy atom. The van der Waals surface area contributed by atoms with E-state index < -0.39 is 6.10 Å². The van der Waals surface area contributed by atoms with Crippen LogP contribution in [0.5, 0.6) is 0 Å². The van der Waals surface area contributed by atoms with Crippen LogP contribution >= 0.6 is 0 Å². The van der Waals surface area contributed by atoms with Crippen LogP contribution in [-0.2, 0) is 13.0 Å². The second kappa shape index (κ2) is 6.40. The van der Waals surface area contributed by atoms with Crippen molar-refractivity contribution in [3.05, 3.63) is 70.3 Å². The van der Waals surface area contributed by atoms with Gasteiger partial charge in [0.25, 0.3) is 0 Å². The van der Waals surface area contributed by atoms with Crippen LogP contribution in [0.3, 0.4) is 0 Å². The van der Waals surface area contributed by atoms with Gasteiger partial charge in [0.05, 0.1) is 17.1 Å². The summed E-state index contributed by atoms with van der Waals surface area (Å²) >= 11 is 0. The van der Waals surface area contributed by atoms with Crippen molar-refractivity contribution in [3.63, 3.8) is 0 Å². The molecule has 2 atom stereocenters. The number of aromatic amines is 2. The Bertz CT molecular complexity index is 1170. The SMILES string of the molecule is O=c1[nH]c2cccc3c2n1CCC(NCCc1c[nH]c2ccccc12)C3O. The molecular formula is C21H22N4O2. The van der Waals surface area contributed by atoms with Gasteiger partial charge in [0.15, 0.2) is 0 Å². The van der Waals surface area contributed by atoms with Gasteiger partial charge >= 0.3 is 5.69 Å². The zero-order valence-corrected chi connectivity index (χ0v) is 14.9. The van der Waals surface area contributed by atoms with Gasteiger partial charge in [-0.05, 0) is 37.1 Å². The van der Waals surface area contributed by atoms with Crippen LogP contribution in [0, 0.1) is 0 Å². The summed E-state index contributed by atoms with van der Waals surface area (Å²) < 4.78 is 1.75. The molecule has 6 nitrogen and oxygen atoms in total. The highest BCUT2D eigenvalue weighted by Crippen LogP contribution is 2.29. The van der Waals surface area contributed by atoms with Gasteiger partial charge in [-0.2, -0.15) is 0 Å². The molecule has 4 N–H and O–H groups in total. The normalized spacial score (nSPS) is 19.6. The number of aromatic nitrogens is 3. The third-order valence-electron chi connectivity index (χ3n) is 5.66. The fraction of sp³-hybridized carbons (Fsp3) is 0.286. The third kappa shape index (κ3) is 2.69. The minimum absolute atomic E-state index is 0.0832. The summed E-state index contributed by atoms with van der Waals surface area (Å²) in [5.74, 6) is 0. The van der Waals surface area contributed by atoms with Gasteiger partial charge in [-0.15, -0.1) is 0 Å². The number of aryl methyl sites for hydroxylation is 1. The fourth-order valence-electron chi connectivity index (χ4n) is 4.29. The van der Waals surface area contributed by atoms with Gasteiger partial charge in [-0.1, -0.05) is 30.3 Å². The topological polar surface area (TPSA) is 85.8 Å². The lowest BCUT2D eigenvalue weighted by atomic mass is 9.99. The monoisotopic (exact) mass is 362 g/mol. The number of aliphatic hydroxyl groups is 1. The fourth-order valence-corrected chi connectivity index (χ4v) is 4.29. The highest BCUT2D eigenvalue weighted by Gasteiger charge is 2.27. The van der Waals surface area contributed by atoms with Crippen molar-refractivity contribution in [2.45, 2.75) is 31.5 Å². The first-order valence-electron chi connectivity index (χ1n) is 9.40. The van der Waals surface area contributed by atoms with Crippen molar-refractivity contribution in [2.24, 2.45) is 0 Å². The Balaban J connectivity index is 1.35. The van der Waals surface area contributed by atoms with Gasteiger partial charge < -0.3 is 20.4 Å². The number of hydrogen-bond donors (Lipinski definition) is 4. The average Bonchev–Trinajstić information content (AvgIpc) is 3.19. The molecule has 2 aromatic carbocycles. The van der Waals surface area contributed by atoms with E-state index in [0.717, 1.165) is 35.1 Å². The molecule has 3 heterocycles. The minimum Gasteiger partial charge on any atom is -0.387 e. The number of benzene rings is 2. The van der Waals surface area contributed by atoms with Gasteiger partial charge in [-0.3, -0.25) is 4.57 Å². The zero-order valence-electron chi connectivity index (χ0n) is 14.9. The number of para-hydroxylation sites is 2. The largest absolute Gasteiger partial charge is 0.387 e. The number of nitrogens with zero attached hydrogens (tertiary/aromatic N) is 1. The predicted octanol–water partition coefficient (Wildman–Crippen LogP) is 2.45. The number of aliphatic hydroxyl groups excluding tert-OH is 1. The number of H-pyrrole nitrogens is 2. The number of fused-ring (bicyclic) bond motifs is 1. The number of hydrogen-bond acceptors (Lipinski definition) is 3. The Morgan fingerprint density at radius 2 is 2.00 bits per heavy atom. The molecular weight excluding hydrogens is 340 g/mol. The van der Waals surface area contributed by atoms with E-state index in [4.69, 9.17) is 0 Å². The molecule has 0 spiro atoms. The molecule has 27 heavy (non-hydrogen) atoms. The first-order valence-corrected chi connectivity index (χ1v) is 9.40. The second-order valence-electron chi connectivity index (χ2n) is 7.23. The molecule has 6 heteroatoms. The van der Waals surface area contributed by atoms with Crippen molar-refractivity contribution in [1.29, 1.82) is 0 Å². The van der Waals surface area contributed by atoms with Crippen LogP contribution in [0.15, 0.2) is 53.5 Å². The van der Waals surface area contributed by atoms with E-state index in [9.17, 15) is 9.90 Å². The summed E-state index contributed by atoms with van der Waals surface area (Å²) in [4.78, 5) is 18.4. The molecule has 0 amide bonds. The maximum atomic E-state index is 12.2. The quantitative estimate of drug-likeness (QED) is 0.450. The Kier molecular flexibility index (Phi) is 3.88. The highest BCUT2D eigenvalue weighted by atomic mass is 16.3. The lowest BCUT2D eigenvalue weighted by molar-refractivity contribution is 0.126. The summed E-state index contributed by atoms with van der Waals surface area (Å²) in [5.41, 5.74) is 4.74. The Morgan fingerprint density at radius 1 is 1.15 bits per heavy atom. The summed E-state index contributed by atoms with van der Waals surface area (Å²) in [6.07, 6.45) is 3.00. The van der Waals surface area contributed by atoms with Gasteiger partial charge in [-0.25, -0.2) is 4.79 Å². The summed E-state index contributed by atoms with van der Waals surface area (Å²) in [6.45, 7) is 1.36. The van der Waals surface area contributed by atoms with E-state index in [1.807, 2.05) is 24.3 Å². The summed E-state index contributed by atoms with van der Waals surface area (Å²) in [6, 6.07) is 13.9. The first kappa shape index (κ1) is 16.4. The molecule has 5 rings (SSSR count). The van der Waals surface area contributed by atoms with E-state index in [1.54, 1.807) is 4.57 Å². The maximum absolute atomic E-state index is 12.2. The van der Waals surface area contributed by atoms with Crippen molar-refractivity contribution in [2.75, 3.05) is 6.54 Å². The third-order valence-corrected chi connectivity index (χ3v) is 5.66. The van der Waals surface area contributed by atoms with E-state index in [-0.39, 0.29) is 11.7 Å². The van der Waals surface area contributed by atoms with Crippen molar-refractivity contribution >= 4 is 21.9 Å². The second-order valence-corrected chi connectivity index (χ2v) is 7.23. The van der Waals surface area contributed by atoms with E-state index in [2.05, 4.69) is 39.7 Å². The number of rotatable bonds is 4. The van der Waals surface area contributed by atoms with E-state index in [0.29, 0.717) is 13.0 Å². The van der Waals surface area contributed by atoms with Crippen LogP contribution in [0.4, 0.5) is 0 Å². The van der Waals surface area contributed by atoms with Crippen molar-refractivity contribution in [1.82, 2.24) is 19.9 Å². The van der Waals surface area contributed by atoms with Gasteiger partial charge in [0.1, 0.15) is 0 Å². The molecule has 2 aromatic heterocycles. The van der Waals surface area contributed by atoms with E-state index in [1.165, 1.54) is 10.9 Å². The molecule has 1 aliphatic rings. The van der Waals surface area contributed by atoms with Crippen LogP contribution in [0.25, 0.3) is 21.9 Å². The molecule has 0 fully saturated rings. The molecule has 2 unspecified atom stereocenters. The minimum atomic E-state index is -0.638. The standard InChI is InChI=1S/C21H22N4O2/c26-20-15-5-3-7-17-19(15)25(21(27)24-17)11-9-18(20)22-10-8-13-12-23-16-6-2-1-4-14(13)16/h1-7,12,18,20,22-23,26H,8-11H2,(H,24,27). The van der Waals surface area contributed by atoms with Gasteiger partial charge in [0, 0.05) is 35.2 Å².